The molecule has 1 nitrogen and oxygen atoms in total. The Balaban J connectivity index is 2.78. The Kier molecular flexibility index (Phi) is 3.01. The zero-order chi connectivity index (χ0) is 12.6. The minimum Gasteiger partial charge on any atom is -0.345 e. The lowest BCUT2D eigenvalue weighted by atomic mass is 10.0. The van der Waals surface area contributed by atoms with E-state index in [9.17, 15) is 8.78 Å². The minimum atomic E-state index is -2.48. The van der Waals surface area contributed by atoms with Crippen molar-refractivity contribution in [2.45, 2.75) is 26.3 Å². The van der Waals surface area contributed by atoms with Crippen molar-refractivity contribution in [2.75, 3.05) is 0 Å². The van der Waals surface area contributed by atoms with Gasteiger partial charge in [0.25, 0.3) is 6.43 Å². The van der Waals surface area contributed by atoms with E-state index in [1.807, 2.05) is 30.7 Å². The van der Waals surface area contributed by atoms with E-state index < -0.39 is 6.43 Å². The van der Waals surface area contributed by atoms with Crippen molar-refractivity contribution in [1.82, 2.24) is 4.57 Å². The number of halogens is 2. The molecular formula is C14H15F2N. The molecule has 0 fully saturated rings. The summed E-state index contributed by atoms with van der Waals surface area (Å²) in [7, 11) is 0. The Morgan fingerprint density at radius 1 is 1.24 bits per heavy atom. The van der Waals surface area contributed by atoms with Crippen LogP contribution in [0.2, 0.25) is 0 Å². The SMILES string of the molecule is C=Cc1ccc2c(ccn2C(C)C)c1C(F)F. The number of fused-ring (bicyclic) bond motifs is 1. The van der Waals surface area contributed by atoms with Crippen LogP contribution in [0.4, 0.5) is 8.78 Å². The molecule has 0 N–H and O–H groups in total. The van der Waals surface area contributed by atoms with Gasteiger partial charge in [-0.1, -0.05) is 18.7 Å². The molecule has 0 bridgehead atoms. The fraction of sp³-hybridized carbons (Fsp3) is 0.286. The Labute approximate surface area is 99.4 Å². The van der Waals surface area contributed by atoms with Gasteiger partial charge in [-0.15, -0.1) is 0 Å². The van der Waals surface area contributed by atoms with Crippen molar-refractivity contribution in [2.24, 2.45) is 0 Å². The van der Waals surface area contributed by atoms with Crippen LogP contribution in [-0.4, -0.2) is 4.57 Å². The molecule has 0 spiro atoms. The topological polar surface area (TPSA) is 4.93 Å². The van der Waals surface area contributed by atoms with Crippen LogP contribution in [0.3, 0.4) is 0 Å². The van der Waals surface area contributed by atoms with Crippen LogP contribution < -0.4 is 0 Å². The van der Waals surface area contributed by atoms with Crippen molar-refractivity contribution in [1.29, 1.82) is 0 Å². The molecule has 3 heteroatoms. The highest BCUT2D eigenvalue weighted by atomic mass is 19.3. The standard InChI is InChI=1S/C14H15F2N/c1-4-10-5-6-12-11(13(10)14(15)16)7-8-17(12)9(2)3/h4-9,14H,1H2,2-3H3. The number of rotatable bonds is 3. The highest BCUT2D eigenvalue weighted by Gasteiger charge is 2.17. The van der Waals surface area contributed by atoms with Gasteiger partial charge in [0, 0.05) is 28.7 Å². The van der Waals surface area contributed by atoms with Gasteiger partial charge in [-0.3, -0.25) is 0 Å². The lowest BCUT2D eigenvalue weighted by Crippen LogP contribution is -1.99. The van der Waals surface area contributed by atoms with E-state index in [0.717, 1.165) is 5.52 Å². The van der Waals surface area contributed by atoms with Crippen LogP contribution in [-0.2, 0) is 0 Å². The molecule has 0 amide bonds. The number of hydrogen-bond acceptors (Lipinski definition) is 0. The number of nitrogens with zero attached hydrogens (tertiary/aromatic N) is 1. The van der Waals surface area contributed by atoms with Gasteiger partial charge in [0.15, 0.2) is 0 Å². The summed E-state index contributed by atoms with van der Waals surface area (Å²) in [6.45, 7) is 7.64. The summed E-state index contributed by atoms with van der Waals surface area (Å²) < 4.78 is 28.2. The van der Waals surface area contributed by atoms with Crippen LogP contribution >= 0.6 is 0 Å². The monoisotopic (exact) mass is 235 g/mol. The van der Waals surface area contributed by atoms with Crippen LogP contribution in [0.1, 0.15) is 37.4 Å². The Morgan fingerprint density at radius 2 is 1.94 bits per heavy atom. The summed E-state index contributed by atoms with van der Waals surface area (Å²) in [6.07, 6.45) is 0.858. The molecule has 2 rings (SSSR count). The number of benzene rings is 1. The molecule has 0 saturated heterocycles. The van der Waals surface area contributed by atoms with Gasteiger partial charge in [-0.05, 0) is 31.5 Å². The van der Waals surface area contributed by atoms with Gasteiger partial charge >= 0.3 is 0 Å². The fourth-order valence-electron chi connectivity index (χ4n) is 2.15. The van der Waals surface area contributed by atoms with Crippen molar-refractivity contribution in [3.8, 4) is 0 Å². The minimum absolute atomic E-state index is 0.0805. The maximum atomic E-state index is 13.1. The van der Waals surface area contributed by atoms with Crippen molar-refractivity contribution in [3.63, 3.8) is 0 Å². The maximum absolute atomic E-state index is 13.1. The van der Waals surface area contributed by atoms with Gasteiger partial charge in [0.1, 0.15) is 0 Å². The molecule has 1 aromatic carbocycles. The van der Waals surface area contributed by atoms with E-state index >= 15 is 0 Å². The van der Waals surface area contributed by atoms with Gasteiger partial charge in [-0.2, -0.15) is 0 Å². The van der Waals surface area contributed by atoms with E-state index in [-0.39, 0.29) is 11.6 Å². The predicted molar refractivity (Wildman–Crippen MR) is 67.4 cm³/mol. The third kappa shape index (κ3) is 1.86. The van der Waals surface area contributed by atoms with Crippen molar-refractivity contribution < 1.29 is 8.78 Å². The summed E-state index contributed by atoms with van der Waals surface area (Å²) in [5.41, 5.74) is 1.44. The highest BCUT2D eigenvalue weighted by molar-refractivity contribution is 5.87. The van der Waals surface area contributed by atoms with Gasteiger partial charge in [0.2, 0.25) is 0 Å². The second kappa shape index (κ2) is 4.32. The third-order valence-electron chi connectivity index (χ3n) is 2.97. The normalized spacial score (nSPS) is 11.6. The van der Waals surface area contributed by atoms with Crippen molar-refractivity contribution >= 4 is 17.0 Å². The summed E-state index contributed by atoms with van der Waals surface area (Å²) in [5.74, 6) is 0. The second-order valence-electron chi connectivity index (χ2n) is 4.32. The van der Waals surface area contributed by atoms with Crippen LogP contribution in [0, 0.1) is 0 Å². The molecule has 2 aromatic rings. The number of aromatic nitrogens is 1. The summed E-state index contributed by atoms with van der Waals surface area (Å²) in [6, 6.07) is 5.59. The molecule has 1 aromatic heterocycles. The molecular weight excluding hydrogens is 220 g/mol. The molecule has 0 unspecified atom stereocenters. The zero-order valence-electron chi connectivity index (χ0n) is 9.95. The first-order valence-corrected chi connectivity index (χ1v) is 5.60. The molecule has 0 aliphatic heterocycles. The average molecular weight is 235 g/mol. The van der Waals surface area contributed by atoms with Crippen LogP contribution in [0.5, 0.6) is 0 Å². The highest BCUT2D eigenvalue weighted by Crippen LogP contribution is 2.33. The van der Waals surface area contributed by atoms with Crippen molar-refractivity contribution in [3.05, 3.63) is 42.1 Å². The predicted octanol–water partition coefficient (Wildman–Crippen LogP) is 4.80. The third-order valence-corrected chi connectivity index (χ3v) is 2.97. The Bertz CT molecular complexity index is 553. The zero-order valence-corrected chi connectivity index (χ0v) is 9.95. The molecule has 17 heavy (non-hydrogen) atoms. The maximum Gasteiger partial charge on any atom is 0.265 e. The van der Waals surface area contributed by atoms with Gasteiger partial charge in [0.05, 0.1) is 0 Å². The van der Waals surface area contributed by atoms with Gasteiger partial charge in [-0.25, -0.2) is 8.78 Å². The lowest BCUT2D eigenvalue weighted by Gasteiger charge is -2.12. The molecule has 0 saturated carbocycles. The molecule has 0 radical (unpaired) electrons. The second-order valence-corrected chi connectivity index (χ2v) is 4.32. The number of alkyl halides is 2. The molecule has 0 aliphatic rings. The Morgan fingerprint density at radius 3 is 2.47 bits per heavy atom. The largest absolute Gasteiger partial charge is 0.345 e. The summed E-state index contributed by atoms with van der Waals surface area (Å²) in [4.78, 5) is 0. The summed E-state index contributed by atoms with van der Waals surface area (Å²) >= 11 is 0. The molecule has 1 heterocycles. The van der Waals surface area contributed by atoms with E-state index in [0.29, 0.717) is 10.9 Å². The van der Waals surface area contributed by atoms with Crippen LogP contribution in [0.15, 0.2) is 31.0 Å². The molecule has 0 aliphatic carbocycles. The first kappa shape index (κ1) is 11.8. The first-order chi connectivity index (χ1) is 8.06. The lowest BCUT2D eigenvalue weighted by molar-refractivity contribution is 0.153. The average Bonchev–Trinajstić information content (AvgIpc) is 2.70. The molecule has 90 valence electrons. The quantitative estimate of drug-likeness (QED) is 0.720. The van der Waals surface area contributed by atoms with Crippen LogP contribution in [0.25, 0.3) is 17.0 Å². The molecule has 0 atom stereocenters. The van der Waals surface area contributed by atoms with E-state index in [1.165, 1.54) is 6.08 Å². The summed E-state index contributed by atoms with van der Waals surface area (Å²) in [5, 5.41) is 0.617. The fourth-order valence-corrected chi connectivity index (χ4v) is 2.15. The number of hydrogen-bond donors (Lipinski definition) is 0. The Hall–Kier alpha value is -1.64. The van der Waals surface area contributed by atoms with E-state index in [1.54, 1.807) is 12.1 Å². The van der Waals surface area contributed by atoms with E-state index in [4.69, 9.17) is 0 Å². The van der Waals surface area contributed by atoms with E-state index in [2.05, 4.69) is 6.58 Å². The van der Waals surface area contributed by atoms with Gasteiger partial charge < -0.3 is 4.57 Å². The smallest absolute Gasteiger partial charge is 0.265 e. The first-order valence-electron chi connectivity index (χ1n) is 5.60.